The summed E-state index contributed by atoms with van der Waals surface area (Å²) in [5.41, 5.74) is 0. The zero-order valence-corrected chi connectivity index (χ0v) is 12.2. The number of amides is 3. The van der Waals surface area contributed by atoms with E-state index in [0.29, 0.717) is 6.54 Å². The summed E-state index contributed by atoms with van der Waals surface area (Å²) < 4.78 is 0. The SMILES string of the molecule is CC(C)NC(=O)NC(=O)CN1CCCC(C)C1C(=O)O. The first-order valence-electron chi connectivity index (χ1n) is 6.88. The van der Waals surface area contributed by atoms with Crippen molar-refractivity contribution in [2.75, 3.05) is 13.1 Å². The Hall–Kier alpha value is -1.63. The Morgan fingerprint density at radius 1 is 1.35 bits per heavy atom. The molecule has 1 rings (SSSR count). The molecule has 0 bridgehead atoms. The van der Waals surface area contributed by atoms with E-state index in [1.807, 2.05) is 6.92 Å². The number of aliphatic carboxylic acids is 1. The van der Waals surface area contributed by atoms with Gasteiger partial charge in [-0.15, -0.1) is 0 Å². The normalized spacial score (nSPS) is 23.4. The molecule has 2 atom stereocenters. The maximum atomic E-state index is 11.8. The van der Waals surface area contributed by atoms with Crippen molar-refractivity contribution in [3.63, 3.8) is 0 Å². The predicted molar refractivity (Wildman–Crippen MR) is 73.2 cm³/mol. The molecule has 0 saturated carbocycles. The third kappa shape index (κ3) is 4.80. The standard InChI is InChI=1S/C13H23N3O4/c1-8(2)14-13(20)15-10(17)7-16-6-4-5-9(3)11(16)12(18)19/h8-9,11H,4-7H2,1-3H3,(H,18,19)(H2,14,15,17,20). The van der Waals surface area contributed by atoms with Gasteiger partial charge in [-0.1, -0.05) is 6.92 Å². The molecule has 3 amide bonds. The summed E-state index contributed by atoms with van der Waals surface area (Å²) in [6.07, 6.45) is 1.69. The average molecular weight is 285 g/mol. The molecule has 1 heterocycles. The molecule has 2 unspecified atom stereocenters. The molecule has 0 aromatic rings. The number of carbonyl (C=O) groups excluding carboxylic acids is 2. The number of carboxylic acid groups (broad SMARTS) is 1. The van der Waals surface area contributed by atoms with E-state index in [-0.39, 0.29) is 18.5 Å². The minimum Gasteiger partial charge on any atom is -0.480 e. The van der Waals surface area contributed by atoms with Gasteiger partial charge in [-0.3, -0.25) is 19.8 Å². The van der Waals surface area contributed by atoms with Crippen molar-refractivity contribution in [1.29, 1.82) is 0 Å². The summed E-state index contributed by atoms with van der Waals surface area (Å²) in [4.78, 5) is 36.1. The van der Waals surface area contributed by atoms with Crippen LogP contribution >= 0.6 is 0 Å². The van der Waals surface area contributed by atoms with Crippen LogP contribution in [-0.2, 0) is 9.59 Å². The Bertz CT molecular complexity index is 384. The summed E-state index contributed by atoms with van der Waals surface area (Å²) in [6.45, 7) is 5.93. The van der Waals surface area contributed by atoms with E-state index in [2.05, 4.69) is 10.6 Å². The smallest absolute Gasteiger partial charge is 0.321 e. The number of rotatable bonds is 4. The van der Waals surface area contributed by atoms with Crippen molar-refractivity contribution in [1.82, 2.24) is 15.5 Å². The van der Waals surface area contributed by atoms with E-state index >= 15 is 0 Å². The highest BCUT2D eigenvalue weighted by Gasteiger charge is 2.35. The lowest BCUT2D eigenvalue weighted by atomic mass is 9.91. The van der Waals surface area contributed by atoms with Gasteiger partial charge in [0.25, 0.3) is 0 Å². The molecule has 3 N–H and O–H groups in total. The number of nitrogens with one attached hydrogen (secondary N) is 2. The van der Waals surface area contributed by atoms with Crippen LogP contribution in [0.15, 0.2) is 0 Å². The van der Waals surface area contributed by atoms with Crippen LogP contribution in [0.3, 0.4) is 0 Å². The fraction of sp³-hybridized carbons (Fsp3) is 0.769. The van der Waals surface area contributed by atoms with Crippen LogP contribution < -0.4 is 10.6 Å². The van der Waals surface area contributed by atoms with E-state index in [9.17, 15) is 19.5 Å². The van der Waals surface area contributed by atoms with Crippen molar-refractivity contribution in [2.45, 2.75) is 45.7 Å². The maximum Gasteiger partial charge on any atom is 0.321 e. The van der Waals surface area contributed by atoms with Crippen molar-refractivity contribution >= 4 is 17.9 Å². The largest absolute Gasteiger partial charge is 0.480 e. The molecule has 7 nitrogen and oxygen atoms in total. The number of hydrogen-bond donors (Lipinski definition) is 3. The van der Waals surface area contributed by atoms with Crippen LogP contribution in [0.25, 0.3) is 0 Å². The molecular weight excluding hydrogens is 262 g/mol. The summed E-state index contributed by atoms with van der Waals surface area (Å²) in [7, 11) is 0. The number of nitrogens with zero attached hydrogens (tertiary/aromatic N) is 1. The van der Waals surface area contributed by atoms with Crippen molar-refractivity contribution < 1.29 is 19.5 Å². The quantitative estimate of drug-likeness (QED) is 0.694. The van der Waals surface area contributed by atoms with Gasteiger partial charge in [0.05, 0.1) is 6.54 Å². The van der Waals surface area contributed by atoms with E-state index in [1.54, 1.807) is 18.7 Å². The van der Waals surface area contributed by atoms with Crippen LogP contribution in [0.5, 0.6) is 0 Å². The van der Waals surface area contributed by atoms with Crippen LogP contribution in [0.2, 0.25) is 0 Å². The van der Waals surface area contributed by atoms with Crippen LogP contribution in [0, 0.1) is 5.92 Å². The highest BCUT2D eigenvalue weighted by Crippen LogP contribution is 2.23. The monoisotopic (exact) mass is 285 g/mol. The van der Waals surface area contributed by atoms with E-state index in [0.717, 1.165) is 12.8 Å². The van der Waals surface area contributed by atoms with Crippen LogP contribution in [0.4, 0.5) is 4.79 Å². The van der Waals surface area contributed by atoms with Gasteiger partial charge in [0.1, 0.15) is 6.04 Å². The molecule has 0 aromatic heterocycles. The molecule has 1 aliphatic heterocycles. The molecule has 114 valence electrons. The molecule has 0 spiro atoms. The lowest BCUT2D eigenvalue weighted by Gasteiger charge is -2.36. The third-order valence-electron chi connectivity index (χ3n) is 3.31. The fourth-order valence-electron chi connectivity index (χ4n) is 2.50. The zero-order valence-electron chi connectivity index (χ0n) is 12.2. The molecule has 1 aliphatic rings. The van der Waals surface area contributed by atoms with Gasteiger partial charge in [0.15, 0.2) is 0 Å². The summed E-state index contributed by atoms with van der Waals surface area (Å²) in [6, 6.07) is -1.28. The molecule has 1 fully saturated rings. The highest BCUT2D eigenvalue weighted by molar-refractivity contribution is 5.95. The van der Waals surface area contributed by atoms with Gasteiger partial charge < -0.3 is 10.4 Å². The Kier molecular flexibility index (Phi) is 5.94. The first-order chi connectivity index (χ1) is 9.31. The second-order valence-corrected chi connectivity index (χ2v) is 5.55. The van der Waals surface area contributed by atoms with Gasteiger partial charge in [0.2, 0.25) is 5.91 Å². The lowest BCUT2D eigenvalue weighted by molar-refractivity contribution is -0.147. The molecule has 0 aliphatic carbocycles. The van der Waals surface area contributed by atoms with Crippen molar-refractivity contribution in [3.05, 3.63) is 0 Å². The number of imide groups is 1. The van der Waals surface area contributed by atoms with Crippen LogP contribution in [0.1, 0.15) is 33.6 Å². The highest BCUT2D eigenvalue weighted by atomic mass is 16.4. The number of piperidine rings is 1. The van der Waals surface area contributed by atoms with E-state index in [4.69, 9.17) is 0 Å². The second kappa shape index (κ2) is 7.23. The van der Waals surface area contributed by atoms with Crippen LogP contribution in [-0.4, -0.2) is 53.1 Å². The van der Waals surface area contributed by atoms with E-state index < -0.39 is 23.9 Å². The molecule has 20 heavy (non-hydrogen) atoms. The summed E-state index contributed by atoms with van der Waals surface area (Å²) in [5, 5.41) is 14.0. The topological polar surface area (TPSA) is 98.7 Å². The van der Waals surface area contributed by atoms with Gasteiger partial charge in [-0.25, -0.2) is 4.79 Å². The van der Waals surface area contributed by atoms with Crippen molar-refractivity contribution in [3.8, 4) is 0 Å². The number of carbonyl (C=O) groups is 3. The first kappa shape index (κ1) is 16.4. The Morgan fingerprint density at radius 3 is 2.55 bits per heavy atom. The minimum atomic E-state index is -0.920. The zero-order chi connectivity index (χ0) is 15.3. The molecule has 1 saturated heterocycles. The number of hydrogen-bond acceptors (Lipinski definition) is 4. The average Bonchev–Trinajstić information content (AvgIpc) is 2.26. The van der Waals surface area contributed by atoms with Crippen molar-refractivity contribution in [2.24, 2.45) is 5.92 Å². The predicted octanol–water partition coefficient (Wildman–Crippen LogP) is 0.406. The summed E-state index contributed by atoms with van der Waals surface area (Å²) >= 11 is 0. The summed E-state index contributed by atoms with van der Waals surface area (Å²) in [5.74, 6) is -1.40. The number of likely N-dealkylation sites (tertiary alicyclic amines) is 1. The Morgan fingerprint density at radius 2 is 2.00 bits per heavy atom. The maximum absolute atomic E-state index is 11.8. The van der Waals surface area contributed by atoms with Gasteiger partial charge in [-0.2, -0.15) is 0 Å². The molecule has 0 radical (unpaired) electrons. The molecule has 0 aromatic carbocycles. The fourth-order valence-corrected chi connectivity index (χ4v) is 2.50. The van der Waals surface area contributed by atoms with Gasteiger partial charge in [0, 0.05) is 6.04 Å². The number of urea groups is 1. The second-order valence-electron chi connectivity index (χ2n) is 5.55. The van der Waals surface area contributed by atoms with Gasteiger partial charge >= 0.3 is 12.0 Å². The molecular formula is C13H23N3O4. The third-order valence-corrected chi connectivity index (χ3v) is 3.31. The Labute approximate surface area is 118 Å². The lowest BCUT2D eigenvalue weighted by Crippen LogP contribution is -2.54. The van der Waals surface area contributed by atoms with E-state index in [1.165, 1.54) is 0 Å². The molecule has 7 heteroatoms. The first-order valence-corrected chi connectivity index (χ1v) is 6.88. The Balaban J connectivity index is 2.55. The number of carboxylic acids is 1. The minimum absolute atomic E-state index is 0.00135. The van der Waals surface area contributed by atoms with Gasteiger partial charge in [-0.05, 0) is 39.2 Å².